The quantitative estimate of drug-likeness (QED) is 0.545. The first kappa shape index (κ1) is 16.4. The Morgan fingerprint density at radius 3 is 2.59 bits per heavy atom. The van der Waals surface area contributed by atoms with Crippen molar-refractivity contribution in [1.82, 2.24) is 5.32 Å². The molecule has 1 amide bonds. The summed E-state index contributed by atoms with van der Waals surface area (Å²) in [5.41, 5.74) is 0. The minimum absolute atomic E-state index is 0.0418. The van der Waals surface area contributed by atoms with Crippen LogP contribution in [0, 0.1) is 5.92 Å². The molecule has 0 aliphatic heterocycles. The number of aliphatic hydroxyl groups excluding tert-OH is 1. The molecule has 1 atom stereocenters. The van der Waals surface area contributed by atoms with E-state index in [1.54, 1.807) is 0 Å². The van der Waals surface area contributed by atoms with E-state index in [0.29, 0.717) is 25.5 Å². The summed E-state index contributed by atoms with van der Waals surface area (Å²) in [6.07, 6.45) is 4.31. The van der Waals surface area contributed by atoms with E-state index in [1.165, 1.54) is 0 Å². The second kappa shape index (κ2) is 11.9. The summed E-state index contributed by atoms with van der Waals surface area (Å²) in [6.45, 7) is 6.24. The Kier molecular flexibility index (Phi) is 11.4. The van der Waals surface area contributed by atoms with Crippen molar-refractivity contribution in [3.05, 3.63) is 0 Å². The predicted molar refractivity (Wildman–Crippen MR) is 68.8 cm³/mol. The molecule has 102 valence electrons. The van der Waals surface area contributed by atoms with Crippen molar-refractivity contribution in [2.75, 3.05) is 26.4 Å². The van der Waals surface area contributed by atoms with Crippen LogP contribution < -0.4 is 5.32 Å². The first-order valence-corrected chi connectivity index (χ1v) is 6.69. The van der Waals surface area contributed by atoms with Crippen molar-refractivity contribution < 1.29 is 14.6 Å². The number of nitrogens with one attached hydrogen (secondary N) is 1. The molecule has 0 radical (unpaired) electrons. The Morgan fingerprint density at radius 2 is 2.00 bits per heavy atom. The van der Waals surface area contributed by atoms with Crippen LogP contribution in [0.15, 0.2) is 0 Å². The zero-order chi connectivity index (χ0) is 12.9. The number of carbonyl (C=O) groups is 1. The third kappa shape index (κ3) is 10.3. The largest absolute Gasteiger partial charge is 0.396 e. The lowest BCUT2D eigenvalue weighted by atomic mass is 10.0. The SMILES string of the molecule is CCCOCCC(=O)NCC(CCC)CCO. The number of hydrogen-bond donors (Lipinski definition) is 2. The van der Waals surface area contributed by atoms with Crippen molar-refractivity contribution in [3.8, 4) is 0 Å². The summed E-state index contributed by atoms with van der Waals surface area (Å²) >= 11 is 0. The Morgan fingerprint density at radius 1 is 1.24 bits per heavy atom. The number of amides is 1. The zero-order valence-corrected chi connectivity index (χ0v) is 11.2. The molecule has 0 fully saturated rings. The molecule has 0 bridgehead atoms. The summed E-state index contributed by atoms with van der Waals surface area (Å²) in [7, 11) is 0. The van der Waals surface area contributed by atoms with E-state index in [9.17, 15) is 4.79 Å². The third-order valence-electron chi connectivity index (χ3n) is 2.64. The van der Waals surface area contributed by atoms with Gasteiger partial charge in [0, 0.05) is 26.2 Å². The maximum absolute atomic E-state index is 11.5. The normalized spacial score (nSPS) is 12.4. The maximum Gasteiger partial charge on any atom is 0.222 e. The number of rotatable bonds is 11. The summed E-state index contributed by atoms with van der Waals surface area (Å²) in [6, 6.07) is 0. The van der Waals surface area contributed by atoms with E-state index >= 15 is 0 Å². The third-order valence-corrected chi connectivity index (χ3v) is 2.64. The van der Waals surface area contributed by atoms with Gasteiger partial charge in [-0.05, 0) is 25.2 Å². The molecule has 0 heterocycles. The lowest BCUT2D eigenvalue weighted by Crippen LogP contribution is -2.30. The van der Waals surface area contributed by atoms with Crippen molar-refractivity contribution in [2.45, 2.75) is 46.0 Å². The number of carbonyl (C=O) groups excluding carboxylic acids is 1. The first-order valence-electron chi connectivity index (χ1n) is 6.69. The average molecular weight is 245 g/mol. The van der Waals surface area contributed by atoms with Gasteiger partial charge in [-0.25, -0.2) is 0 Å². The smallest absolute Gasteiger partial charge is 0.222 e. The van der Waals surface area contributed by atoms with Gasteiger partial charge in [0.1, 0.15) is 0 Å². The maximum atomic E-state index is 11.5. The molecular weight excluding hydrogens is 218 g/mol. The summed E-state index contributed by atoms with van der Waals surface area (Å²) in [5.74, 6) is 0.436. The molecular formula is C13H27NO3. The van der Waals surface area contributed by atoms with Crippen LogP contribution in [0.2, 0.25) is 0 Å². The molecule has 0 aromatic heterocycles. The van der Waals surface area contributed by atoms with Crippen LogP contribution in [0.4, 0.5) is 0 Å². The van der Waals surface area contributed by atoms with Gasteiger partial charge in [-0.15, -0.1) is 0 Å². The molecule has 4 nitrogen and oxygen atoms in total. The van der Waals surface area contributed by atoms with Crippen LogP contribution in [-0.4, -0.2) is 37.4 Å². The highest BCUT2D eigenvalue weighted by Gasteiger charge is 2.09. The van der Waals surface area contributed by atoms with E-state index in [0.717, 1.165) is 32.3 Å². The second-order valence-electron chi connectivity index (χ2n) is 4.33. The van der Waals surface area contributed by atoms with Crippen LogP contribution in [0.1, 0.15) is 46.0 Å². The molecule has 17 heavy (non-hydrogen) atoms. The van der Waals surface area contributed by atoms with E-state index < -0.39 is 0 Å². The molecule has 1 unspecified atom stereocenters. The van der Waals surface area contributed by atoms with Crippen LogP contribution in [-0.2, 0) is 9.53 Å². The molecule has 4 heteroatoms. The fourth-order valence-electron chi connectivity index (χ4n) is 1.70. The monoisotopic (exact) mass is 245 g/mol. The van der Waals surface area contributed by atoms with Crippen LogP contribution in [0.25, 0.3) is 0 Å². The summed E-state index contributed by atoms with van der Waals surface area (Å²) in [4.78, 5) is 11.5. The summed E-state index contributed by atoms with van der Waals surface area (Å²) < 4.78 is 5.25. The number of hydrogen-bond acceptors (Lipinski definition) is 3. The molecule has 0 aromatic rings. The highest BCUT2D eigenvalue weighted by Crippen LogP contribution is 2.09. The van der Waals surface area contributed by atoms with E-state index in [1.807, 2.05) is 6.92 Å². The molecule has 0 aromatic carbocycles. The van der Waals surface area contributed by atoms with Crippen LogP contribution in [0.5, 0.6) is 0 Å². The van der Waals surface area contributed by atoms with Crippen LogP contribution >= 0.6 is 0 Å². The molecule has 0 saturated carbocycles. The Balaban J connectivity index is 3.57. The number of ether oxygens (including phenoxy) is 1. The Labute approximate surface area is 105 Å². The van der Waals surface area contributed by atoms with Crippen molar-refractivity contribution >= 4 is 5.91 Å². The molecule has 0 spiro atoms. The van der Waals surface area contributed by atoms with Crippen molar-refractivity contribution in [1.29, 1.82) is 0 Å². The van der Waals surface area contributed by atoms with E-state index in [4.69, 9.17) is 9.84 Å². The number of aliphatic hydroxyl groups is 1. The minimum Gasteiger partial charge on any atom is -0.396 e. The lowest BCUT2D eigenvalue weighted by Gasteiger charge is -2.15. The second-order valence-corrected chi connectivity index (χ2v) is 4.33. The van der Waals surface area contributed by atoms with E-state index in [-0.39, 0.29) is 12.5 Å². The van der Waals surface area contributed by atoms with Crippen molar-refractivity contribution in [2.24, 2.45) is 5.92 Å². The lowest BCUT2D eigenvalue weighted by molar-refractivity contribution is -0.122. The van der Waals surface area contributed by atoms with Crippen LogP contribution in [0.3, 0.4) is 0 Å². The standard InChI is InChI=1S/C13H27NO3/c1-3-5-12(6-8-15)11-14-13(16)7-10-17-9-4-2/h12,15H,3-11H2,1-2H3,(H,14,16). The Bertz CT molecular complexity index is 180. The van der Waals surface area contributed by atoms with Gasteiger partial charge in [0.25, 0.3) is 0 Å². The molecule has 0 rings (SSSR count). The highest BCUT2D eigenvalue weighted by molar-refractivity contribution is 5.75. The van der Waals surface area contributed by atoms with Gasteiger partial charge in [-0.2, -0.15) is 0 Å². The van der Waals surface area contributed by atoms with Gasteiger partial charge in [0.05, 0.1) is 6.61 Å². The molecule has 0 aliphatic carbocycles. The first-order chi connectivity index (χ1) is 8.24. The molecule has 2 N–H and O–H groups in total. The average Bonchev–Trinajstić information content (AvgIpc) is 2.32. The van der Waals surface area contributed by atoms with Gasteiger partial charge in [0.2, 0.25) is 5.91 Å². The van der Waals surface area contributed by atoms with Crippen molar-refractivity contribution in [3.63, 3.8) is 0 Å². The fraction of sp³-hybridized carbons (Fsp3) is 0.923. The topological polar surface area (TPSA) is 58.6 Å². The fourth-order valence-corrected chi connectivity index (χ4v) is 1.70. The van der Waals surface area contributed by atoms with Gasteiger partial charge in [-0.1, -0.05) is 20.3 Å². The summed E-state index contributed by atoms with van der Waals surface area (Å²) in [5, 5.41) is 11.8. The predicted octanol–water partition coefficient (Wildman–Crippen LogP) is 1.72. The molecule has 0 aliphatic rings. The minimum atomic E-state index is 0.0418. The van der Waals surface area contributed by atoms with Gasteiger partial charge >= 0.3 is 0 Å². The highest BCUT2D eigenvalue weighted by atomic mass is 16.5. The van der Waals surface area contributed by atoms with E-state index in [2.05, 4.69) is 12.2 Å². The van der Waals surface area contributed by atoms with Gasteiger partial charge in [0.15, 0.2) is 0 Å². The van der Waals surface area contributed by atoms with Gasteiger partial charge in [-0.3, -0.25) is 4.79 Å². The van der Waals surface area contributed by atoms with Gasteiger partial charge < -0.3 is 15.2 Å². The molecule has 0 saturated heterocycles. The Hall–Kier alpha value is -0.610. The zero-order valence-electron chi connectivity index (χ0n) is 11.2.